The molecule has 0 spiro atoms. The Morgan fingerprint density at radius 3 is 2.60 bits per heavy atom. The molecule has 0 saturated carbocycles. The zero-order valence-corrected chi connectivity index (χ0v) is 14.5. The van der Waals surface area contributed by atoms with Crippen molar-refractivity contribution < 1.29 is 19.0 Å². The van der Waals surface area contributed by atoms with E-state index >= 15 is 0 Å². The second kappa shape index (κ2) is 7.79. The van der Waals surface area contributed by atoms with Crippen LogP contribution in [0.4, 0.5) is 4.79 Å². The fraction of sp³-hybridized carbons (Fsp3) is 0.316. The molecule has 1 N–H and O–H groups in total. The number of hydrogen-bond donors (Lipinski definition) is 1. The van der Waals surface area contributed by atoms with Crippen molar-refractivity contribution in [2.24, 2.45) is 0 Å². The Hall–Kier alpha value is -2.89. The highest BCUT2D eigenvalue weighted by Crippen LogP contribution is 2.32. The van der Waals surface area contributed by atoms with E-state index in [4.69, 9.17) is 14.2 Å². The SMILES string of the molecule is COc1ccc(CCNC(=O)N(C)Cc2ccc3c(c2)OCO3)cc1. The number of methoxy groups -OCH3 is 1. The van der Waals surface area contributed by atoms with Crippen LogP contribution in [0.2, 0.25) is 0 Å². The molecule has 2 aromatic rings. The van der Waals surface area contributed by atoms with E-state index in [0.29, 0.717) is 13.1 Å². The molecule has 6 nitrogen and oxygen atoms in total. The van der Waals surface area contributed by atoms with E-state index < -0.39 is 0 Å². The predicted octanol–water partition coefficient (Wildman–Crippen LogP) is 2.81. The molecule has 25 heavy (non-hydrogen) atoms. The minimum absolute atomic E-state index is 0.105. The molecule has 0 saturated heterocycles. The number of nitrogens with one attached hydrogen (secondary N) is 1. The molecular weight excluding hydrogens is 320 g/mol. The van der Waals surface area contributed by atoms with Gasteiger partial charge in [0.25, 0.3) is 0 Å². The van der Waals surface area contributed by atoms with Gasteiger partial charge in [-0.3, -0.25) is 0 Å². The van der Waals surface area contributed by atoms with E-state index in [1.165, 1.54) is 0 Å². The smallest absolute Gasteiger partial charge is 0.317 e. The van der Waals surface area contributed by atoms with Crippen molar-refractivity contribution in [1.82, 2.24) is 10.2 Å². The third kappa shape index (κ3) is 4.35. The Morgan fingerprint density at radius 1 is 1.12 bits per heavy atom. The summed E-state index contributed by atoms with van der Waals surface area (Å²) in [5, 5.41) is 2.93. The summed E-state index contributed by atoms with van der Waals surface area (Å²) < 4.78 is 15.8. The van der Waals surface area contributed by atoms with Gasteiger partial charge in [0.05, 0.1) is 7.11 Å². The maximum absolute atomic E-state index is 12.2. The fourth-order valence-corrected chi connectivity index (χ4v) is 2.63. The van der Waals surface area contributed by atoms with Gasteiger partial charge in [-0.15, -0.1) is 0 Å². The van der Waals surface area contributed by atoms with E-state index in [-0.39, 0.29) is 12.8 Å². The number of urea groups is 1. The molecule has 0 aliphatic carbocycles. The molecule has 0 bridgehead atoms. The summed E-state index contributed by atoms with van der Waals surface area (Å²) in [6, 6.07) is 13.4. The largest absolute Gasteiger partial charge is 0.497 e. The fourth-order valence-electron chi connectivity index (χ4n) is 2.63. The molecule has 1 aliphatic rings. The van der Waals surface area contributed by atoms with Gasteiger partial charge in [0.15, 0.2) is 11.5 Å². The van der Waals surface area contributed by atoms with Gasteiger partial charge < -0.3 is 24.4 Å². The summed E-state index contributed by atoms with van der Waals surface area (Å²) >= 11 is 0. The van der Waals surface area contributed by atoms with Crippen LogP contribution in [0.1, 0.15) is 11.1 Å². The highest BCUT2D eigenvalue weighted by Gasteiger charge is 2.15. The summed E-state index contributed by atoms with van der Waals surface area (Å²) in [7, 11) is 3.42. The average Bonchev–Trinajstić information content (AvgIpc) is 3.10. The molecule has 6 heteroatoms. The van der Waals surface area contributed by atoms with Crippen LogP contribution >= 0.6 is 0 Å². The van der Waals surface area contributed by atoms with Gasteiger partial charge >= 0.3 is 6.03 Å². The number of benzene rings is 2. The third-order valence-corrected chi connectivity index (χ3v) is 4.05. The lowest BCUT2D eigenvalue weighted by molar-refractivity contribution is 0.174. The number of rotatable bonds is 6. The van der Waals surface area contributed by atoms with Crippen molar-refractivity contribution in [3.63, 3.8) is 0 Å². The summed E-state index contributed by atoms with van der Waals surface area (Å²) in [5.41, 5.74) is 2.15. The molecule has 3 rings (SSSR count). The van der Waals surface area contributed by atoms with Crippen molar-refractivity contribution in [2.45, 2.75) is 13.0 Å². The van der Waals surface area contributed by atoms with E-state index in [1.807, 2.05) is 42.5 Å². The van der Waals surface area contributed by atoms with Crippen molar-refractivity contribution in [2.75, 3.05) is 27.5 Å². The minimum atomic E-state index is -0.105. The summed E-state index contributed by atoms with van der Waals surface area (Å²) in [4.78, 5) is 13.9. The highest BCUT2D eigenvalue weighted by atomic mass is 16.7. The monoisotopic (exact) mass is 342 g/mol. The molecule has 1 heterocycles. The molecule has 0 fully saturated rings. The summed E-state index contributed by atoms with van der Waals surface area (Å²) in [5.74, 6) is 2.30. The predicted molar refractivity (Wildman–Crippen MR) is 94.1 cm³/mol. The number of fused-ring (bicyclic) bond motifs is 1. The topological polar surface area (TPSA) is 60.0 Å². The number of amides is 2. The van der Waals surface area contributed by atoms with Crippen molar-refractivity contribution in [1.29, 1.82) is 0 Å². The Morgan fingerprint density at radius 2 is 1.84 bits per heavy atom. The first-order valence-corrected chi connectivity index (χ1v) is 8.16. The molecule has 2 aromatic carbocycles. The Labute approximate surface area is 147 Å². The molecule has 132 valence electrons. The zero-order valence-electron chi connectivity index (χ0n) is 14.5. The molecular formula is C19H22N2O4. The number of nitrogens with zero attached hydrogens (tertiary/aromatic N) is 1. The van der Waals surface area contributed by atoms with Crippen LogP contribution in [-0.4, -0.2) is 38.4 Å². The van der Waals surface area contributed by atoms with Crippen LogP contribution < -0.4 is 19.5 Å². The number of carbonyl (C=O) groups excluding carboxylic acids is 1. The number of ether oxygens (including phenoxy) is 3. The van der Waals surface area contributed by atoms with Crippen LogP contribution in [0.25, 0.3) is 0 Å². The minimum Gasteiger partial charge on any atom is -0.497 e. The average molecular weight is 342 g/mol. The van der Waals surface area contributed by atoms with Crippen molar-refractivity contribution >= 4 is 6.03 Å². The van der Waals surface area contributed by atoms with Crippen LogP contribution in [0.15, 0.2) is 42.5 Å². The van der Waals surface area contributed by atoms with E-state index in [9.17, 15) is 4.79 Å². The lowest BCUT2D eigenvalue weighted by atomic mass is 10.1. The van der Waals surface area contributed by atoms with Crippen LogP contribution in [0.5, 0.6) is 17.2 Å². The first-order valence-electron chi connectivity index (χ1n) is 8.16. The van der Waals surface area contributed by atoms with E-state index in [1.54, 1.807) is 19.1 Å². The van der Waals surface area contributed by atoms with Gasteiger partial charge in [-0.25, -0.2) is 4.79 Å². The Balaban J connectivity index is 1.45. The van der Waals surface area contributed by atoms with E-state index in [2.05, 4.69) is 5.32 Å². The van der Waals surface area contributed by atoms with Crippen molar-refractivity contribution in [3.8, 4) is 17.2 Å². The zero-order chi connectivity index (χ0) is 17.6. The van der Waals surface area contributed by atoms with Gasteiger partial charge in [-0.1, -0.05) is 18.2 Å². The highest BCUT2D eigenvalue weighted by molar-refractivity contribution is 5.73. The maximum Gasteiger partial charge on any atom is 0.317 e. The molecule has 0 unspecified atom stereocenters. The van der Waals surface area contributed by atoms with Gasteiger partial charge in [0, 0.05) is 20.1 Å². The normalized spacial score (nSPS) is 11.9. The molecule has 0 atom stereocenters. The number of hydrogen-bond acceptors (Lipinski definition) is 4. The quantitative estimate of drug-likeness (QED) is 0.877. The lowest BCUT2D eigenvalue weighted by Gasteiger charge is -2.18. The number of carbonyl (C=O) groups is 1. The van der Waals surface area contributed by atoms with Crippen LogP contribution in [-0.2, 0) is 13.0 Å². The Bertz CT molecular complexity index is 731. The van der Waals surface area contributed by atoms with Gasteiger partial charge in [0.2, 0.25) is 6.79 Å². The molecule has 0 aromatic heterocycles. The molecule has 2 amide bonds. The first-order chi connectivity index (χ1) is 12.2. The van der Waals surface area contributed by atoms with Crippen LogP contribution in [0.3, 0.4) is 0 Å². The maximum atomic E-state index is 12.2. The van der Waals surface area contributed by atoms with E-state index in [0.717, 1.165) is 34.8 Å². The van der Waals surface area contributed by atoms with Crippen molar-refractivity contribution in [3.05, 3.63) is 53.6 Å². The van der Waals surface area contributed by atoms with Gasteiger partial charge in [0.1, 0.15) is 5.75 Å². The summed E-state index contributed by atoms with van der Waals surface area (Å²) in [6.07, 6.45) is 0.771. The molecule has 0 radical (unpaired) electrons. The van der Waals surface area contributed by atoms with Crippen LogP contribution in [0, 0.1) is 0 Å². The third-order valence-electron chi connectivity index (χ3n) is 4.05. The summed E-state index contributed by atoms with van der Waals surface area (Å²) in [6.45, 7) is 1.34. The second-order valence-corrected chi connectivity index (χ2v) is 5.87. The second-order valence-electron chi connectivity index (χ2n) is 5.87. The van der Waals surface area contributed by atoms with Gasteiger partial charge in [-0.2, -0.15) is 0 Å². The van der Waals surface area contributed by atoms with Gasteiger partial charge in [-0.05, 0) is 41.8 Å². The standard InChI is InChI=1S/C19H22N2O4/c1-21(12-15-5-8-17-18(11-15)25-13-24-17)19(22)20-10-9-14-3-6-16(23-2)7-4-14/h3-8,11H,9-10,12-13H2,1-2H3,(H,20,22). The Kier molecular flexibility index (Phi) is 5.28. The first kappa shape index (κ1) is 17.0. The molecule has 1 aliphatic heterocycles. The lowest BCUT2D eigenvalue weighted by Crippen LogP contribution is -2.37.